The Morgan fingerprint density at radius 2 is 2.22 bits per heavy atom. The van der Waals surface area contributed by atoms with Gasteiger partial charge >= 0.3 is 5.97 Å². The molecule has 0 bridgehead atoms. The Balaban J connectivity index is 3.02. The summed E-state index contributed by atoms with van der Waals surface area (Å²) in [6.07, 6.45) is -3.94. The van der Waals surface area contributed by atoms with Crippen LogP contribution in [0.25, 0.3) is 0 Å². The van der Waals surface area contributed by atoms with Crippen molar-refractivity contribution in [1.29, 1.82) is 0 Å². The Bertz CT molecular complexity index is 425. The zero-order valence-electron chi connectivity index (χ0n) is 10.0. The molecule has 0 aliphatic carbocycles. The third kappa shape index (κ3) is 3.11. The van der Waals surface area contributed by atoms with Crippen molar-refractivity contribution in [2.45, 2.75) is 19.2 Å². The number of benzene rings is 1. The molecule has 0 spiro atoms. The third-order valence-corrected chi connectivity index (χ3v) is 2.65. The molecule has 0 radical (unpaired) electrons. The van der Waals surface area contributed by atoms with E-state index in [0.29, 0.717) is 0 Å². The molecule has 1 N–H and O–H groups in total. The fourth-order valence-electron chi connectivity index (χ4n) is 1.48. The first-order valence-corrected chi connectivity index (χ1v) is 5.71. The molecule has 4 nitrogen and oxygen atoms in total. The zero-order chi connectivity index (χ0) is 13.7. The van der Waals surface area contributed by atoms with Gasteiger partial charge in [-0.25, -0.2) is 9.18 Å². The van der Waals surface area contributed by atoms with Crippen LogP contribution < -0.4 is 4.74 Å². The van der Waals surface area contributed by atoms with E-state index in [1.54, 1.807) is 13.0 Å². The van der Waals surface area contributed by atoms with Crippen LogP contribution in [0.3, 0.4) is 0 Å². The van der Waals surface area contributed by atoms with Crippen molar-refractivity contribution in [2.75, 3.05) is 13.7 Å². The summed E-state index contributed by atoms with van der Waals surface area (Å²) in [7, 11) is 1.36. The van der Waals surface area contributed by atoms with Crippen molar-refractivity contribution in [2.24, 2.45) is 0 Å². The van der Waals surface area contributed by atoms with E-state index in [9.17, 15) is 14.3 Å². The summed E-state index contributed by atoms with van der Waals surface area (Å²) >= 11 is 5.87. The molecule has 0 aliphatic rings. The lowest BCUT2D eigenvalue weighted by atomic mass is 10.0. The molecule has 6 heteroatoms. The number of carbonyl (C=O) groups is 1. The predicted octanol–water partition coefficient (Wildman–Crippen LogP) is 2.28. The van der Waals surface area contributed by atoms with Gasteiger partial charge in [-0.2, -0.15) is 0 Å². The van der Waals surface area contributed by atoms with Gasteiger partial charge in [0.25, 0.3) is 0 Å². The van der Waals surface area contributed by atoms with Crippen LogP contribution in [0.5, 0.6) is 5.75 Å². The molecular weight excluding hydrogens is 263 g/mol. The molecule has 0 amide bonds. The summed E-state index contributed by atoms with van der Waals surface area (Å²) in [6, 6.07) is 4.58. The van der Waals surface area contributed by atoms with Gasteiger partial charge in [0, 0.05) is 5.56 Å². The van der Waals surface area contributed by atoms with Crippen LogP contribution in [0.4, 0.5) is 4.39 Å². The SMILES string of the molecule is CCOC(=O)C(F)C(O)c1c(Cl)cccc1OC. The number of alkyl halides is 1. The van der Waals surface area contributed by atoms with Crippen molar-refractivity contribution in [3.05, 3.63) is 28.8 Å². The lowest BCUT2D eigenvalue weighted by Crippen LogP contribution is -2.26. The highest BCUT2D eigenvalue weighted by Gasteiger charge is 2.32. The Morgan fingerprint density at radius 1 is 1.56 bits per heavy atom. The lowest BCUT2D eigenvalue weighted by Gasteiger charge is -2.18. The van der Waals surface area contributed by atoms with Crippen LogP contribution in [-0.4, -0.2) is 31.0 Å². The average Bonchev–Trinajstić information content (AvgIpc) is 2.36. The minimum absolute atomic E-state index is 0.0298. The van der Waals surface area contributed by atoms with Crippen LogP contribution in [0, 0.1) is 0 Å². The largest absolute Gasteiger partial charge is 0.496 e. The fourth-order valence-corrected chi connectivity index (χ4v) is 1.76. The second-order valence-electron chi connectivity index (χ2n) is 3.45. The first-order chi connectivity index (χ1) is 8.52. The highest BCUT2D eigenvalue weighted by atomic mass is 35.5. The summed E-state index contributed by atoms with van der Waals surface area (Å²) in [6.45, 7) is 1.58. The van der Waals surface area contributed by atoms with Gasteiger partial charge in [0.2, 0.25) is 6.17 Å². The van der Waals surface area contributed by atoms with E-state index < -0.39 is 18.2 Å². The van der Waals surface area contributed by atoms with Crippen LogP contribution in [-0.2, 0) is 9.53 Å². The number of rotatable bonds is 5. The van der Waals surface area contributed by atoms with Gasteiger partial charge in [-0.05, 0) is 19.1 Å². The van der Waals surface area contributed by atoms with Gasteiger partial charge in [-0.1, -0.05) is 17.7 Å². The van der Waals surface area contributed by atoms with Gasteiger partial charge in [-0.15, -0.1) is 0 Å². The Labute approximate surface area is 109 Å². The summed E-state index contributed by atoms with van der Waals surface area (Å²) in [5, 5.41) is 9.96. The number of hydrogen-bond acceptors (Lipinski definition) is 4. The number of aliphatic hydroxyl groups is 1. The highest BCUT2D eigenvalue weighted by Crippen LogP contribution is 2.34. The summed E-state index contributed by atoms with van der Waals surface area (Å²) in [5.41, 5.74) is 0.0298. The van der Waals surface area contributed by atoms with Crippen molar-refractivity contribution < 1.29 is 23.8 Å². The predicted molar refractivity (Wildman–Crippen MR) is 64.5 cm³/mol. The second-order valence-corrected chi connectivity index (χ2v) is 3.86. The number of ether oxygens (including phenoxy) is 2. The molecular formula is C12H14ClFO4. The summed E-state index contributed by atoms with van der Waals surface area (Å²) < 4.78 is 23.2. The number of aliphatic hydroxyl groups excluding tert-OH is 1. The molecule has 0 aliphatic heterocycles. The number of halogens is 2. The number of hydrogen-bond donors (Lipinski definition) is 1. The van der Waals surface area contributed by atoms with E-state index in [-0.39, 0.29) is 22.9 Å². The maximum atomic E-state index is 13.7. The molecule has 2 atom stereocenters. The minimum Gasteiger partial charge on any atom is -0.496 e. The van der Waals surface area contributed by atoms with Gasteiger partial charge in [0.05, 0.1) is 18.7 Å². The van der Waals surface area contributed by atoms with E-state index in [1.165, 1.54) is 19.2 Å². The van der Waals surface area contributed by atoms with Crippen LogP contribution in [0.1, 0.15) is 18.6 Å². The highest BCUT2D eigenvalue weighted by molar-refractivity contribution is 6.31. The first-order valence-electron chi connectivity index (χ1n) is 5.34. The topological polar surface area (TPSA) is 55.8 Å². The molecule has 0 saturated heterocycles. The van der Waals surface area contributed by atoms with Crippen molar-refractivity contribution >= 4 is 17.6 Å². The molecule has 1 aromatic rings. The maximum absolute atomic E-state index is 13.7. The van der Waals surface area contributed by atoms with Crippen molar-refractivity contribution in [1.82, 2.24) is 0 Å². The van der Waals surface area contributed by atoms with Crippen LogP contribution >= 0.6 is 11.6 Å². The molecule has 100 valence electrons. The Morgan fingerprint density at radius 3 is 2.78 bits per heavy atom. The van der Waals surface area contributed by atoms with E-state index in [4.69, 9.17) is 16.3 Å². The van der Waals surface area contributed by atoms with Crippen LogP contribution in [0.2, 0.25) is 5.02 Å². The Kier molecular flexibility index (Phi) is 5.37. The van der Waals surface area contributed by atoms with Crippen LogP contribution in [0.15, 0.2) is 18.2 Å². The summed E-state index contributed by atoms with van der Waals surface area (Å²) in [5.74, 6) is -0.922. The molecule has 0 saturated carbocycles. The average molecular weight is 277 g/mol. The Hall–Kier alpha value is -1.33. The minimum atomic E-state index is -2.21. The number of methoxy groups -OCH3 is 1. The van der Waals surface area contributed by atoms with Crippen molar-refractivity contribution in [3.8, 4) is 5.75 Å². The smallest absolute Gasteiger partial charge is 0.343 e. The van der Waals surface area contributed by atoms with Gasteiger partial charge in [-0.3, -0.25) is 0 Å². The molecule has 2 unspecified atom stereocenters. The van der Waals surface area contributed by atoms with E-state index >= 15 is 0 Å². The van der Waals surface area contributed by atoms with Gasteiger partial charge in [0.15, 0.2) is 0 Å². The monoisotopic (exact) mass is 276 g/mol. The quantitative estimate of drug-likeness (QED) is 0.839. The lowest BCUT2D eigenvalue weighted by molar-refractivity contribution is -0.153. The van der Waals surface area contributed by atoms with Gasteiger partial charge in [0.1, 0.15) is 11.9 Å². The molecule has 18 heavy (non-hydrogen) atoms. The van der Waals surface area contributed by atoms with E-state index in [1.807, 2.05) is 0 Å². The van der Waals surface area contributed by atoms with E-state index in [0.717, 1.165) is 0 Å². The molecule has 0 heterocycles. The molecule has 0 aromatic heterocycles. The van der Waals surface area contributed by atoms with E-state index in [2.05, 4.69) is 4.74 Å². The third-order valence-electron chi connectivity index (χ3n) is 2.32. The normalized spacial score (nSPS) is 13.8. The molecule has 1 rings (SSSR count). The molecule has 1 aromatic carbocycles. The standard InChI is InChI=1S/C12H14ClFO4/c1-3-18-12(16)10(14)11(15)9-7(13)5-4-6-8(9)17-2/h4-6,10-11,15H,3H2,1-2H3. The fraction of sp³-hybridized carbons (Fsp3) is 0.417. The number of carbonyl (C=O) groups excluding carboxylic acids is 1. The summed E-state index contributed by atoms with van der Waals surface area (Å²) in [4.78, 5) is 11.2. The van der Waals surface area contributed by atoms with Gasteiger partial charge < -0.3 is 14.6 Å². The first kappa shape index (κ1) is 14.7. The molecule has 0 fully saturated rings. The number of esters is 1. The second kappa shape index (κ2) is 6.56. The maximum Gasteiger partial charge on any atom is 0.343 e. The van der Waals surface area contributed by atoms with Crippen molar-refractivity contribution in [3.63, 3.8) is 0 Å². The zero-order valence-corrected chi connectivity index (χ0v) is 10.8.